The SMILES string of the molecule is CN(C=O)c1ccc2[nH]c3c(c2c1)CC(N)CC3. The van der Waals surface area contributed by atoms with E-state index in [4.69, 9.17) is 5.73 Å². The first-order chi connectivity index (χ1) is 8.69. The second-order valence-corrected chi connectivity index (χ2v) is 5.03. The van der Waals surface area contributed by atoms with Crippen LogP contribution in [0.1, 0.15) is 17.7 Å². The maximum absolute atomic E-state index is 10.8. The summed E-state index contributed by atoms with van der Waals surface area (Å²) in [5.74, 6) is 0. The Labute approximate surface area is 106 Å². The molecule has 0 saturated heterocycles. The number of carbonyl (C=O) groups is 1. The molecule has 1 atom stereocenters. The number of anilines is 1. The Kier molecular flexibility index (Phi) is 2.59. The lowest BCUT2D eigenvalue weighted by atomic mass is 9.92. The van der Waals surface area contributed by atoms with Crippen molar-refractivity contribution in [2.24, 2.45) is 5.73 Å². The van der Waals surface area contributed by atoms with Crippen molar-refractivity contribution in [3.05, 3.63) is 29.5 Å². The van der Waals surface area contributed by atoms with Gasteiger partial charge in [-0.3, -0.25) is 4.79 Å². The number of rotatable bonds is 2. The summed E-state index contributed by atoms with van der Waals surface area (Å²) >= 11 is 0. The van der Waals surface area contributed by atoms with Gasteiger partial charge in [0.1, 0.15) is 0 Å². The van der Waals surface area contributed by atoms with Crippen molar-refractivity contribution >= 4 is 23.0 Å². The van der Waals surface area contributed by atoms with Gasteiger partial charge in [0, 0.05) is 35.4 Å². The van der Waals surface area contributed by atoms with E-state index in [1.54, 1.807) is 11.9 Å². The average Bonchev–Trinajstić information content (AvgIpc) is 2.75. The Hall–Kier alpha value is -1.81. The molecule has 0 spiro atoms. The molecule has 1 aliphatic carbocycles. The van der Waals surface area contributed by atoms with Gasteiger partial charge in [0.25, 0.3) is 0 Å². The number of carbonyl (C=O) groups excluding carboxylic acids is 1. The molecule has 4 nitrogen and oxygen atoms in total. The van der Waals surface area contributed by atoms with Gasteiger partial charge in [0.15, 0.2) is 0 Å². The molecular formula is C14H17N3O. The van der Waals surface area contributed by atoms with Crippen LogP contribution in [0, 0.1) is 0 Å². The normalized spacial score (nSPS) is 18.7. The molecule has 2 aromatic rings. The summed E-state index contributed by atoms with van der Waals surface area (Å²) in [5, 5.41) is 1.20. The lowest BCUT2D eigenvalue weighted by Crippen LogP contribution is -2.27. The van der Waals surface area contributed by atoms with Crippen molar-refractivity contribution in [1.82, 2.24) is 4.98 Å². The monoisotopic (exact) mass is 243 g/mol. The van der Waals surface area contributed by atoms with Crippen LogP contribution in [0.15, 0.2) is 18.2 Å². The Morgan fingerprint density at radius 3 is 3.11 bits per heavy atom. The molecule has 3 rings (SSSR count). The number of hydrogen-bond acceptors (Lipinski definition) is 2. The predicted molar refractivity (Wildman–Crippen MR) is 72.8 cm³/mol. The van der Waals surface area contributed by atoms with Gasteiger partial charge >= 0.3 is 0 Å². The van der Waals surface area contributed by atoms with Crippen LogP contribution < -0.4 is 10.6 Å². The number of hydrogen-bond donors (Lipinski definition) is 2. The van der Waals surface area contributed by atoms with E-state index in [0.29, 0.717) is 0 Å². The minimum absolute atomic E-state index is 0.254. The van der Waals surface area contributed by atoms with E-state index in [1.165, 1.54) is 16.6 Å². The van der Waals surface area contributed by atoms with Crippen molar-refractivity contribution in [1.29, 1.82) is 0 Å². The van der Waals surface area contributed by atoms with Gasteiger partial charge in [-0.1, -0.05) is 0 Å². The van der Waals surface area contributed by atoms with Crippen LogP contribution in [-0.2, 0) is 17.6 Å². The molecule has 1 aliphatic rings. The van der Waals surface area contributed by atoms with Crippen LogP contribution >= 0.6 is 0 Å². The summed E-state index contributed by atoms with van der Waals surface area (Å²) in [6.45, 7) is 0. The lowest BCUT2D eigenvalue weighted by molar-refractivity contribution is -0.107. The molecule has 94 valence electrons. The third-order valence-corrected chi connectivity index (χ3v) is 3.77. The molecule has 1 aromatic heterocycles. The highest BCUT2D eigenvalue weighted by molar-refractivity contribution is 5.90. The fourth-order valence-electron chi connectivity index (χ4n) is 2.71. The molecule has 0 bridgehead atoms. The maximum Gasteiger partial charge on any atom is 0.213 e. The van der Waals surface area contributed by atoms with E-state index in [1.807, 2.05) is 12.1 Å². The molecule has 1 aromatic carbocycles. The largest absolute Gasteiger partial charge is 0.358 e. The first-order valence-electron chi connectivity index (χ1n) is 6.26. The number of aromatic amines is 1. The zero-order valence-electron chi connectivity index (χ0n) is 10.4. The average molecular weight is 243 g/mol. The van der Waals surface area contributed by atoms with Crippen molar-refractivity contribution in [2.75, 3.05) is 11.9 Å². The fraction of sp³-hybridized carbons (Fsp3) is 0.357. The Bertz CT molecular complexity index is 602. The second kappa shape index (κ2) is 4.14. The van der Waals surface area contributed by atoms with E-state index in [2.05, 4.69) is 11.1 Å². The van der Waals surface area contributed by atoms with Crippen LogP contribution in [0.4, 0.5) is 5.69 Å². The van der Waals surface area contributed by atoms with Gasteiger partial charge in [-0.25, -0.2) is 0 Å². The topological polar surface area (TPSA) is 62.1 Å². The van der Waals surface area contributed by atoms with Crippen molar-refractivity contribution in [3.8, 4) is 0 Å². The van der Waals surface area contributed by atoms with Crippen LogP contribution in [0.5, 0.6) is 0 Å². The van der Waals surface area contributed by atoms with Crippen molar-refractivity contribution in [3.63, 3.8) is 0 Å². The number of aromatic nitrogens is 1. The zero-order valence-corrected chi connectivity index (χ0v) is 10.4. The predicted octanol–water partition coefficient (Wildman–Crippen LogP) is 1.58. The minimum atomic E-state index is 0.254. The lowest BCUT2D eigenvalue weighted by Gasteiger charge is -2.18. The van der Waals surface area contributed by atoms with Gasteiger partial charge in [-0.15, -0.1) is 0 Å². The number of benzene rings is 1. The van der Waals surface area contributed by atoms with E-state index in [-0.39, 0.29) is 6.04 Å². The summed E-state index contributed by atoms with van der Waals surface area (Å²) < 4.78 is 0. The standard InChI is InChI=1S/C14H17N3O/c1-17(8-18)10-3-5-14-12(7-10)11-6-9(15)2-4-13(11)16-14/h3,5,7-9,16H,2,4,6,15H2,1H3. The van der Waals surface area contributed by atoms with Crippen molar-refractivity contribution < 1.29 is 4.79 Å². The van der Waals surface area contributed by atoms with E-state index < -0.39 is 0 Å². The maximum atomic E-state index is 10.8. The number of H-pyrrole nitrogens is 1. The summed E-state index contributed by atoms with van der Waals surface area (Å²) in [6.07, 6.45) is 3.81. The van der Waals surface area contributed by atoms with Crippen LogP contribution in [0.3, 0.4) is 0 Å². The second-order valence-electron chi connectivity index (χ2n) is 5.03. The minimum Gasteiger partial charge on any atom is -0.358 e. The van der Waals surface area contributed by atoms with E-state index >= 15 is 0 Å². The summed E-state index contributed by atoms with van der Waals surface area (Å²) in [6, 6.07) is 6.31. The number of fused-ring (bicyclic) bond motifs is 3. The van der Waals surface area contributed by atoms with Crippen molar-refractivity contribution in [2.45, 2.75) is 25.3 Å². The molecule has 18 heavy (non-hydrogen) atoms. The van der Waals surface area contributed by atoms with Gasteiger partial charge in [0.05, 0.1) is 0 Å². The van der Waals surface area contributed by atoms with Gasteiger partial charge in [0.2, 0.25) is 6.41 Å². The molecule has 0 fully saturated rings. The number of nitrogens with one attached hydrogen (secondary N) is 1. The Morgan fingerprint density at radius 2 is 2.33 bits per heavy atom. The number of aryl methyl sites for hydroxylation is 1. The van der Waals surface area contributed by atoms with Crippen LogP contribution in [-0.4, -0.2) is 24.5 Å². The molecule has 1 amide bonds. The molecular weight excluding hydrogens is 226 g/mol. The molecule has 0 aliphatic heterocycles. The van der Waals surface area contributed by atoms with E-state index in [9.17, 15) is 4.79 Å². The molecule has 3 N–H and O–H groups in total. The Morgan fingerprint density at radius 1 is 1.50 bits per heavy atom. The number of nitrogens with zero attached hydrogens (tertiary/aromatic N) is 1. The molecule has 4 heteroatoms. The first-order valence-corrected chi connectivity index (χ1v) is 6.26. The third kappa shape index (κ3) is 1.69. The van der Waals surface area contributed by atoms with Crippen LogP contribution in [0.25, 0.3) is 10.9 Å². The zero-order chi connectivity index (χ0) is 12.7. The number of nitrogens with two attached hydrogens (primary N) is 1. The summed E-state index contributed by atoms with van der Waals surface area (Å²) in [7, 11) is 1.76. The quantitative estimate of drug-likeness (QED) is 0.787. The molecule has 1 unspecified atom stereocenters. The van der Waals surface area contributed by atoms with Gasteiger partial charge in [-0.05, 0) is 43.0 Å². The van der Waals surface area contributed by atoms with E-state index in [0.717, 1.165) is 36.9 Å². The van der Waals surface area contributed by atoms with Gasteiger partial charge in [-0.2, -0.15) is 0 Å². The highest BCUT2D eigenvalue weighted by atomic mass is 16.1. The van der Waals surface area contributed by atoms with Crippen LogP contribution in [0.2, 0.25) is 0 Å². The Balaban J connectivity index is 2.15. The highest BCUT2D eigenvalue weighted by Crippen LogP contribution is 2.31. The smallest absolute Gasteiger partial charge is 0.213 e. The molecule has 1 heterocycles. The fourth-order valence-corrected chi connectivity index (χ4v) is 2.71. The molecule has 0 radical (unpaired) electrons. The first kappa shape index (κ1) is 11.3. The highest BCUT2D eigenvalue weighted by Gasteiger charge is 2.20. The number of amides is 1. The molecule has 0 saturated carbocycles. The summed E-state index contributed by atoms with van der Waals surface area (Å²) in [5.41, 5.74) is 10.7. The third-order valence-electron chi connectivity index (χ3n) is 3.77. The van der Waals surface area contributed by atoms with Gasteiger partial charge < -0.3 is 15.6 Å². The summed E-state index contributed by atoms with van der Waals surface area (Å²) in [4.78, 5) is 15.9.